The molecule has 2 N–H and O–H groups in total. The standard InChI is InChI=1S/C20H39N3O2/c1-6-15(7-2)17(14-22(4)5)13-18(12-16(8-3)20(21)25)23-11-9-10-19(23)24/h15-18H,6-14H2,1-5H3,(H2,21,25). The van der Waals surface area contributed by atoms with Crippen molar-refractivity contribution in [3.05, 3.63) is 0 Å². The lowest BCUT2D eigenvalue weighted by molar-refractivity contribution is -0.132. The first-order valence-corrected chi connectivity index (χ1v) is 10.1. The number of carbonyl (C=O) groups is 2. The number of carbonyl (C=O) groups excluding carboxylic acids is 2. The minimum absolute atomic E-state index is 0.137. The number of likely N-dealkylation sites (tertiary alicyclic amines) is 1. The van der Waals surface area contributed by atoms with Gasteiger partial charge >= 0.3 is 0 Å². The minimum atomic E-state index is -0.231. The van der Waals surface area contributed by atoms with Gasteiger partial charge < -0.3 is 15.5 Å². The van der Waals surface area contributed by atoms with E-state index in [1.165, 1.54) is 0 Å². The molecule has 1 saturated heterocycles. The predicted molar refractivity (Wildman–Crippen MR) is 103 cm³/mol. The van der Waals surface area contributed by atoms with Crippen LogP contribution in [0.3, 0.4) is 0 Å². The first-order chi connectivity index (χ1) is 11.8. The number of rotatable bonds is 12. The maximum absolute atomic E-state index is 12.4. The van der Waals surface area contributed by atoms with Gasteiger partial charge in [0.2, 0.25) is 11.8 Å². The summed E-state index contributed by atoms with van der Waals surface area (Å²) in [7, 11) is 4.23. The van der Waals surface area contributed by atoms with E-state index in [1.54, 1.807) is 0 Å². The van der Waals surface area contributed by atoms with Crippen LogP contribution in [0.1, 0.15) is 65.7 Å². The van der Waals surface area contributed by atoms with E-state index in [0.29, 0.717) is 24.7 Å². The predicted octanol–water partition coefficient (Wildman–Crippen LogP) is 2.88. The highest BCUT2D eigenvalue weighted by molar-refractivity contribution is 5.79. The van der Waals surface area contributed by atoms with Crippen molar-refractivity contribution >= 4 is 11.8 Å². The summed E-state index contributed by atoms with van der Waals surface area (Å²) in [5.41, 5.74) is 5.60. The monoisotopic (exact) mass is 353 g/mol. The Morgan fingerprint density at radius 3 is 2.16 bits per heavy atom. The summed E-state index contributed by atoms with van der Waals surface area (Å²) in [4.78, 5) is 28.4. The smallest absolute Gasteiger partial charge is 0.222 e. The minimum Gasteiger partial charge on any atom is -0.369 e. The van der Waals surface area contributed by atoms with Gasteiger partial charge in [0.15, 0.2) is 0 Å². The molecule has 2 amide bonds. The molecular formula is C20H39N3O2. The number of amides is 2. The molecule has 0 aromatic carbocycles. The molecule has 5 nitrogen and oxygen atoms in total. The van der Waals surface area contributed by atoms with Gasteiger partial charge in [-0.25, -0.2) is 0 Å². The Hall–Kier alpha value is -1.10. The Bertz CT molecular complexity index is 421. The molecular weight excluding hydrogens is 314 g/mol. The number of nitrogens with two attached hydrogens (primary N) is 1. The topological polar surface area (TPSA) is 66.6 Å². The normalized spacial score (nSPS) is 18.8. The molecule has 3 unspecified atom stereocenters. The van der Waals surface area contributed by atoms with Crippen LogP contribution in [-0.4, -0.2) is 54.8 Å². The van der Waals surface area contributed by atoms with E-state index in [4.69, 9.17) is 5.73 Å². The summed E-state index contributed by atoms with van der Waals surface area (Å²) in [6, 6.07) is 0.137. The zero-order valence-electron chi connectivity index (χ0n) is 17.0. The van der Waals surface area contributed by atoms with Crippen LogP contribution in [0.15, 0.2) is 0 Å². The molecule has 1 aliphatic rings. The highest BCUT2D eigenvalue weighted by atomic mass is 16.2. The molecule has 1 aliphatic heterocycles. The number of primary amides is 1. The first-order valence-electron chi connectivity index (χ1n) is 10.1. The molecule has 0 bridgehead atoms. The molecule has 0 spiro atoms. The number of hydrogen-bond acceptors (Lipinski definition) is 3. The molecule has 0 aromatic heterocycles. The summed E-state index contributed by atoms with van der Waals surface area (Å²) < 4.78 is 0. The van der Waals surface area contributed by atoms with E-state index >= 15 is 0 Å². The SMILES string of the molecule is CCC(CC(CC(CN(C)C)C(CC)CC)N1CCCC1=O)C(N)=O. The van der Waals surface area contributed by atoms with Gasteiger partial charge in [-0.2, -0.15) is 0 Å². The Balaban J connectivity index is 2.98. The van der Waals surface area contributed by atoms with E-state index in [9.17, 15) is 9.59 Å². The highest BCUT2D eigenvalue weighted by Crippen LogP contribution is 2.31. The molecule has 5 heteroatoms. The van der Waals surface area contributed by atoms with Gasteiger partial charge in [-0.1, -0.05) is 33.6 Å². The summed E-state index contributed by atoms with van der Waals surface area (Å²) in [6.45, 7) is 8.38. The van der Waals surface area contributed by atoms with Gasteiger partial charge in [-0.3, -0.25) is 9.59 Å². The van der Waals surface area contributed by atoms with E-state index in [-0.39, 0.29) is 23.8 Å². The van der Waals surface area contributed by atoms with Gasteiger partial charge in [-0.15, -0.1) is 0 Å². The van der Waals surface area contributed by atoms with Crippen LogP contribution in [0.25, 0.3) is 0 Å². The fourth-order valence-corrected chi connectivity index (χ4v) is 4.41. The van der Waals surface area contributed by atoms with E-state index < -0.39 is 0 Å². The molecule has 146 valence electrons. The first kappa shape index (κ1) is 21.9. The van der Waals surface area contributed by atoms with Crippen LogP contribution in [0.5, 0.6) is 0 Å². The summed E-state index contributed by atoms with van der Waals surface area (Å²) in [5.74, 6) is 1.06. The largest absolute Gasteiger partial charge is 0.369 e. The number of nitrogens with zero attached hydrogens (tertiary/aromatic N) is 2. The lowest BCUT2D eigenvalue weighted by Crippen LogP contribution is -2.43. The number of hydrogen-bond donors (Lipinski definition) is 1. The van der Waals surface area contributed by atoms with Crippen LogP contribution in [0.2, 0.25) is 0 Å². The van der Waals surface area contributed by atoms with E-state index in [1.807, 2.05) is 11.8 Å². The average molecular weight is 354 g/mol. The zero-order chi connectivity index (χ0) is 19.0. The van der Waals surface area contributed by atoms with Crippen molar-refractivity contribution < 1.29 is 9.59 Å². The van der Waals surface area contributed by atoms with Crippen molar-refractivity contribution in [2.24, 2.45) is 23.5 Å². The van der Waals surface area contributed by atoms with Gasteiger partial charge in [-0.05, 0) is 51.6 Å². The second-order valence-corrected chi connectivity index (χ2v) is 7.92. The van der Waals surface area contributed by atoms with Crippen LogP contribution in [-0.2, 0) is 9.59 Å². The molecule has 0 saturated carbocycles. The molecule has 1 fully saturated rings. The average Bonchev–Trinajstić information content (AvgIpc) is 2.97. The lowest BCUT2D eigenvalue weighted by Gasteiger charge is -2.36. The highest BCUT2D eigenvalue weighted by Gasteiger charge is 2.34. The summed E-state index contributed by atoms with van der Waals surface area (Å²) in [5, 5.41) is 0. The van der Waals surface area contributed by atoms with Crippen LogP contribution in [0, 0.1) is 17.8 Å². The molecule has 25 heavy (non-hydrogen) atoms. The molecule has 0 radical (unpaired) electrons. The maximum Gasteiger partial charge on any atom is 0.222 e. The third kappa shape index (κ3) is 6.61. The molecule has 0 aromatic rings. The Labute approximate surface area is 154 Å². The quantitative estimate of drug-likeness (QED) is 0.587. The molecule has 0 aliphatic carbocycles. The van der Waals surface area contributed by atoms with Crippen LogP contribution in [0.4, 0.5) is 0 Å². The van der Waals surface area contributed by atoms with Crippen molar-refractivity contribution in [2.45, 2.75) is 71.8 Å². The van der Waals surface area contributed by atoms with Gasteiger partial charge in [0.25, 0.3) is 0 Å². The third-order valence-corrected chi connectivity index (χ3v) is 5.89. The summed E-state index contributed by atoms with van der Waals surface area (Å²) >= 11 is 0. The second kappa shape index (κ2) is 10.8. The second-order valence-electron chi connectivity index (χ2n) is 7.92. The Morgan fingerprint density at radius 1 is 1.12 bits per heavy atom. The molecule has 1 rings (SSSR count). The fraction of sp³-hybridized carbons (Fsp3) is 0.900. The Kier molecular flexibility index (Phi) is 9.47. The fourth-order valence-electron chi connectivity index (χ4n) is 4.41. The lowest BCUT2D eigenvalue weighted by atomic mass is 9.80. The third-order valence-electron chi connectivity index (χ3n) is 5.89. The van der Waals surface area contributed by atoms with Gasteiger partial charge in [0.1, 0.15) is 0 Å². The van der Waals surface area contributed by atoms with Crippen molar-refractivity contribution in [1.29, 1.82) is 0 Å². The molecule has 1 heterocycles. The van der Waals surface area contributed by atoms with Crippen molar-refractivity contribution in [2.75, 3.05) is 27.2 Å². The zero-order valence-corrected chi connectivity index (χ0v) is 17.0. The van der Waals surface area contributed by atoms with Gasteiger partial charge in [0, 0.05) is 31.5 Å². The molecule has 3 atom stereocenters. The van der Waals surface area contributed by atoms with E-state index in [0.717, 1.165) is 45.2 Å². The van der Waals surface area contributed by atoms with Crippen molar-refractivity contribution in [1.82, 2.24) is 9.80 Å². The van der Waals surface area contributed by atoms with E-state index in [2.05, 4.69) is 32.8 Å². The van der Waals surface area contributed by atoms with Gasteiger partial charge in [0.05, 0.1) is 0 Å². The van der Waals surface area contributed by atoms with Crippen molar-refractivity contribution in [3.63, 3.8) is 0 Å². The van der Waals surface area contributed by atoms with Crippen molar-refractivity contribution in [3.8, 4) is 0 Å². The maximum atomic E-state index is 12.4. The Morgan fingerprint density at radius 2 is 1.76 bits per heavy atom. The van der Waals surface area contributed by atoms with Crippen LogP contribution < -0.4 is 5.73 Å². The van der Waals surface area contributed by atoms with Crippen LogP contribution >= 0.6 is 0 Å². The summed E-state index contributed by atoms with van der Waals surface area (Å²) in [6.07, 6.45) is 6.32.